The van der Waals surface area contributed by atoms with Gasteiger partial charge in [0.1, 0.15) is 22.1 Å². The summed E-state index contributed by atoms with van der Waals surface area (Å²) >= 11 is 1.24. The van der Waals surface area contributed by atoms with Crippen molar-refractivity contribution < 1.29 is 18.7 Å². The maximum atomic E-state index is 13.4. The number of ether oxygens (including phenoxy) is 1. The van der Waals surface area contributed by atoms with Gasteiger partial charge in [0, 0.05) is 28.4 Å². The molecule has 0 radical (unpaired) electrons. The largest absolute Gasteiger partial charge is 0.462 e. The molecule has 2 heterocycles. The Labute approximate surface area is 189 Å². The monoisotopic (exact) mass is 450 g/mol. The van der Waals surface area contributed by atoms with Crippen molar-refractivity contribution in [2.24, 2.45) is 0 Å². The Morgan fingerprint density at radius 2 is 1.81 bits per heavy atom. The number of thiophene rings is 1. The lowest BCUT2D eigenvalue weighted by Crippen LogP contribution is -2.19. The molecule has 2 aromatic carbocycles. The number of nitrogens with zero attached hydrogens (tertiary/aromatic N) is 1. The molecule has 0 spiro atoms. The molecular formula is C25H23FN2O3S. The van der Waals surface area contributed by atoms with Crippen molar-refractivity contribution in [3.05, 3.63) is 76.5 Å². The highest BCUT2D eigenvalue weighted by Crippen LogP contribution is 2.37. The molecule has 0 aliphatic rings. The third kappa shape index (κ3) is 3.80. The van der Waals surface area contributed by atoms with E-state index in [9.17, 15) is 14.0 Å². The number of esters is 1. The zero-order valence-corrected chi connectivity index (χ0v) is 18.9. The number of aromatic nitrogens is 1. The Bertz CT molecular complexity index is 1300. The molecule has 0 fully saturated rings. The Balaban J connectivity index is 1.77. The van der Waals surface area contributed by atoms with Crippen LogP contribution in [0.3, 0.4) is 0 Å². The van der Waals surface area contributed by atoms with Gasteiger partial charge >= 0.3 is 5.97 Å². The Morgan fingerprint density at radius 3 is 2.50 bits per heavy atom. The average molecular weight is 451 g/mol. The van der Waals surface area contributed by atoms with Crippen molar-refractivity contribution in [2.45, 2.75) is 27.3 Å². The molecule has 0 atom stereocenters. The number of fused-ring (bicyclic) bond motifs is 1. The Morgan fingerprint density at radius 1 is 1.09 bits per heavy atom. The smallest absolute Gasteiger partial charge is 0.341 e. The first kappa shape index (κ1) is 21.8. The minimum atomic E-state index is -0.531. The summed E-state index contributed by atoms with van der Waals surface area (Å²) in [4.78, 5) is 26.2. The predicted molar refractivity (Wildman–Crippen MR) is 126 cm³/mol. The quantitative estimate of drug-likeness (QED) is 0.352. The molecule has 7 heteroatoms. The number of hydrogen-bond acceptors (Lipinski definition) is 4. The molecule has 0 bridgehead atoms. The fourth-order valence-electron chi connectivity index (χ4n) is 3.96. The number of amides is 1. The molecule has 32 heavy (non-hydrogen) atoms. The molecule has 164 valence electrons. The average Bonchev–Trinajstić information content (AvgIpc) is 3.33. The molecule has 4 rings (SSSR count). The fourth-order valence-corrected chi connectivity index (χ4v) is 4.91. The SMILES string of the molecule is CCOC(=O)c1c(-c2ccc(F)cc2)csc1NC(=O)c1c(C)c2ccccc2n1CC. The maximum Gasteiger partial charge on any atom is 0.341 e. The number of carbonyl (C=O) groups is 2. The van der Waals surface area contributed by atoms with E-state index in [1.807, 2.05) is 42.7 Å². The first-order valence-corrected chi connectivity index (χ1v) is 11.3. The number of para-hydroxylation sites is 1. The van der Waals surface area contributed by atoms with Gasteiger partial charge in [0.15, 0.2) is 0 Å². The molecule has 2 aromatic heterocycles. The van der Waals surface area contributed by atoms with Gasteiger partial charge in [-0.25, -0.2) is 9.18 Å². The van der Waals surface area contributed by atoms with Crippen LogP contribution in [0.15, 0.2) is 53.9 Å². The topological polar surface area (TPSA) is 60.3 Å². The lowest BCUT2D eigenvalue weighted by atomic mass is 10.0. The number of benzene rings is 2. The van der Waals surface area contributed by atoms with E-state index in [0.717, 1.165) is 16.5 Å². The Hall–Kier alpha value is -3.45. The summed E-state index contributed by atoms with van der Waals surface area (Å²) in [6.07, 6.45) is 0. The number of halogens is 1. The van der Waals surface area contributed by atoms with Crippen LogP contribution >= 0.6 is 11.3 Å². The van der Waals surface area contributed by atoms with Crippen LogP contribution in [-0.2, 0) is 11.3 Å². The van der Waals surface area contributed by atoms with Gasteiger partial charge in [-0.1, -0.05) is 30.3 Å². The first-order chi connectivity index (χ1) is 15.5. The van der Waals surface area contributed by atoms with Gasteiger partial charge in [-0.05, 0) is 50.1 Å². The number of rotatable bonds is 6. The second-order valence-corrected chi connectivity index (χ2v) is 8.15. The molecule has 0 unspecified atom stereocenters. The number of anilines is 1. The van der Waals surface area contributed by atoms with E-state index in [1.165, 1.54) is 23.5 Å². The molecule has 1 amide bonds. The van der Waals surface area contributed by atoms with Crippen LogP contribution in [0, 0.1) is 12.7 Å². The number of aryl methyl sites for hydroxylation is 2. The summed E-state index contributed by atoms with van der Waals surface area (Å²) in [5, 5.41) is 6.12. The van der Waals surface area contributed by atoms with Crippen molar-refractivity contribution in [1.82, 2.24) is 4.57 Å². The van der Waals surface area contributed by atoms with Crippen LogP contribution in [0.5, 0.6) is 0 Å². The van der Waals surface area contributed by atoms with E-state index < -0.39 is 5.97 Å². The standard InChI is InChI=1S/C25H23FN2O3S/c1-4-28-20-9-7-6-8-18(20)15(3)22(28)23(29)27-24-21(25(30)31-5-2)19(14-32-24)16-10-12-17(26)13-11-16/h6-14H,4-5H2,1-3H3,(H,27,29). The summed E-state index contributed by atoms with van der Waals surface area (Å²) in [6.45, 7) is 6.48. The summed E-state index contributed by atoms with van der Waals surface area (Å²) in [7, 11) is 0. The van der Waals surface area contributed by atoms with Crippen molar-refractivity contribution in [1.29, 1.82) is 0 Å². The molecular weight excluding hydrogens is 427 g/mol. The summed E-state index contributed by atoms with van der Waals surface area (Å²) in [5.41, 5.74) is 3.96. The van der Waals surface area contributed by atoms with Gasteiger partial charge in [-0.2, -0.15) is 0 Å². The number of hydrogen-bond donors (Lipinski definition) is 1. The molecule has 0 saturated heterocycles. The third-order valence-electron chi connectivity index (χ3n) is 5.41. The van der Waals surface area contributed by atoms with Crippen LogP contribution in [0.2, 0.25) is 0 Å². The third-order valence-corrected chi connectivity index (χ3v) is 6.30. The van der Waals surface area contributed by atoms with Crippen molar-refractivity contribution >= 4 is 39.1 Å². The highest BCUT2D eigenvalue weighted by Gasteiger charge is 2.25. The van der Waals surface area contributed by atoms with Crippen molar-refractivity contribution in [2.75, 3.05) is 11.9 Å². The summed E-state index contributed by atoms with van der Waals surface area (Å²) < 4.78 is 20.6. The minimum Gasteiger partial charge on any atom is -0.462 e. The molecule has 0 aliphatic carbocycles. The maximum absolute atomic E-state index is 13.4. The first-order valence-electron chi connectivity index (χ1n) is 10.4. The molecule has 5 nitrogen and oxygen atoms in total. The zero-order valence-electron chi connectivity index (χ0n) is 18.1. The van der Waals surface area contributed by atoms with E-state index in [2.05, 4.69) is 5.32 Å². The second-order valence-electron chi connectivity index (χ2n) is 7.27. The zero-order chi connectivity index (χ0) is 22.8. The molecule has 0 saturated carbocycles. The second kappa shape index (κ2) is 8.96. The van der Waals surface area contributed by atoms with Crippen LogP contribution in [-0.4, -0.2) is 23.1 Å². The van der Waals surface area contributed by atoms with Crippen molar-refractivity contribution in [3.63, 3.8) is 0 Å². The van der Waals surface area contributed by atoms with Gasteiger partial charge in [0.25, 0.3) is 5.91 Å². The van der Waals surface area contributed by atoms with E-state index in [-0.39, 0.29) is 23.9 Å². The highest BCUT2D eigenvalue weighted by atomic mass is 32.1. The van der Waals surface area contributed by atoms with E-state index in [0.29, 0.717) is 28.4 Å². The Kier molecular flexibility index (Phi) is 6.10. The van der Waals surface area contributed by atoms with Crippen LogP contribution in [0.4, 0.5) is 9.39 Å². The van der Waals surface area contributed by atoms with Crippen LogP contribution in [0.25, 0.3) is 22.0 Å². The lowest BCUT2D eigenvalue weighted by molar-refractivity contribution is 0.0529. The van der Waals surface area contributed by atoms with Crippen molar-refractivity contribution in [3.8, 4) is 11.1 Å². The van der Waals surface area contributed by atoms with Gasteiger partial charge < -0.3 is 14.6 Å². The van der Waals surface area contributed by atoms with E-state index in [1.54, 1.807) is 24.4 Å². The van der Waals surface area contributed by atoms with E-state index >= 15 is 0 Å². The van der Waals surface area contributed by atoms with E-state index in [4.69, 9.17) is 4.74 Å². The lowest BCUT2D eigenvalue weighted by Gasteiger charge is -2.11. The summed E-state index contributed by atoms with van der Waals surface area (Å²) in [6, 6.07) is 13.8. The number of nitrogens with one attached hydrogen (secondary N) is 1. The highest BCUT2D eigenvalue weighted by molar-refractivity contribution is 7.15. The molecule has 4 aromatic rings. The number of carbonyl (C=O) groups excluding carboxylic acids is 2. The van der Waals surface area contributed by atoms with Gasteiger partial charge in [0.05, 0.1) is 6.61 Å². The molecule has 1 N–H and O–H groups in total. The normalized spacial score (nSPS) is 11.0. The summed E-state index contributed by atoms with van der Waals surface area (Å²) in [5.74, 6) is -1.19. The van der Waals surface area contributed by atoms with Gasteiger partial charge in [-0.3, -0.25) is 4.79 Å². The fraction of sp³-hybridized carbons (Fsp3) is 0.200. The predicted octanol–water partition coefficient (Wildman–Crippen LogP) is 6.27. The van der Waals surface area contributed by atoms with Crippen LogP contribution in [0.1, 0.15) is 40.3 Å². The molecule has 0 aliphatic heterocycles. The van der Waals surface area contributed by atoms with Gasteiger partial charge in [0.2, 0.25) is 0 Å². The van der Waals surface area contributed by atoms with Gasteiger partial charge in [-0.15, -0.1) is 11.3 Å². The van der Waals surface area contributed by atoms with Crippen LogP contribution < -0.4 is 5.32 Å². The minimum absolute atomic E-state index is 0.202.